The van der Waals surface area contributed by atoms with Gasteiger partial charge in [0.2, 0.25) is 0 Å². The zero-order valence-corrected chi connectivity index (χ0v) is 13.7. The molecule has 3 nitrogen and oxygen atoms in total. The van der Waals surface area contributed by atoms with E-state index >= 15 is 0 Å². The van der Waals surface area contributed by atoms with Gasteiger partial charge in [0.15, 0.2) is 0 Å². The predicted octanol–water partition coefficient (Wildman–Crippen LogP) is 5.03. The molecule has 0 unspecified atom stereocenters. The van der Waals surface area contributed by atoms with Crippen LogP contribution in [0, 0.1) is 13.8 Å². The number of benzene rings is 2. The Bertz CT molecular complexity index is 916. The molecular formula is C19H16F3N3. The van der Waals surface area contributed by atoms with Crippen molar-refractivity contribution in [2.75, 3.05) is 5.73 Å². The van der Waals surface area contributed by atoms with Gasteiger partial charge in [0.1, 0.15) is 5.82 Å². The molecule has 1 aromatic heterocycles. The molecule has 6 heteroatoms. The van der Waals surface area contributed by atoms with E-state index in [4.69, 9.17) is 5.73 Å². The van der Waals surface area contributed by atoms with Gasteiger partial charge in [-0.1, -0.05) is 24.3 Å². The van der Waals surface area contributed by atoms with Crippen LogP contribution in [0.2, 0.25) is 0 Å². The summed E-state index contributed by atoms with van der Waals surface area (Å²) in [6.07, 6.45) is -1.25. The van der Waals surface area contributed by atoms with E-state index in [2.05, 4.69) is 9.97 Å². The van der Waals surface area contributed by atoms with Gasteiger partial charge in [-0.25, -0.2) is 4.98 Å². The first-order valence-corrected chi connectivity index (χ1v) is 7.62. The van der Waals surface area contributed by atoms with Gasteiger partial charge >= 0.3 is 6.18 Å². The third-order valence-electron chi connectivity index (χ3n) is 4.04. The molecule has 1 heterocycles. The molecule has 0 spiro atoms. The summed E-state index contributed by atoms with van der Waals surface area (Å²) in [7, 11) is 0. The molecule has 0 fully saturated rings. The van der Waals surface area contributed by atoms with Crippen LogP contribution in [0.5, 0.6) is 0 Å². The Morgan fingerprint density at radius 2 is 1.52 bits per heavy atom. The quantitative estimate of drug-likeness (QED) is 0.710. The van der Waals surface area contributed by atoms with E-state index in [1.165, 1.54) is 18.3 Å². The lowest BCUT2D eigenvalue weighted by Crippen LogP contribution is -2.05. The summed E-state index contributed by atoms with van der Waals surface area (Å²) in [6, 6.07) is 9.48. The van der Waals surface area contributed by atoms with Gasteiger partial charge in [0.05, 0.1) is 23.7 Å². The molecule has 0 aliphatic heterocycles. The molecule has 128 valence electrons. The Balaban J connectivity index is 2.00. The van der Waals surface area contributed by atoms with Crippen molar-refractivity contribution in [1.82, 2.24) is 9.97 Å². The van der Waals surface area contributed by atoms with Crippen LogP contribution in [0.15, 0.2) is 48.8 Å². The lowest BCUT2D eigenvalue weighted by molar-refractivity contribution is -0.137. The summed E-state index contributed by atoms with van der Waals surface area (Å²) in [5.41, 5.74) is 9.67. The van der Waals surface area contributed by atoms with Crippen LogP contribution >= 0.6 is 0 Å². The number of halogens is 3. The van der Waals surface area contributed by atoms with Gasteiger partial charge in [-0.15, -0.1) is 0 Å². The summed E-state index contributed by atoms with van der Waals surface area (Å²) < 4.78 is 38.4. The number of nitrogens with zero attached hydrogens (tertiary/aromatic N) is 2. The summed E-state index contributed by atoms with van der Waals surface area (Å²) in [4.78, 5) is 8.29. The van der Waals surface area contributed by atoms with E-state index in [-0.39, 0.29) is 0 Å². The van der Waals surface area contributed by atoms with Crippen molar-refractivity contribution in [3.8, 4) is 22.4 Å². The van der Waals surface area contributed by atoms with Crippen LogP contribution in [0.3, 0.4) is 0 Å². The lowest BCUT2D eigenvalue weighted by Gasteiger charge is -2.13. The number of alkyl halides is 3. The summed E-state index contributed by atoms with van der Waals surface area (Å²) in [6.45, 7) is 3.61. The Kier molecular flexibility index (Phi) is 4.20. The molecule has 0 saturated heterocycles. The highest BCUT2D eigenvalue weighted by Gasteiger charge is 2.30. The fourth-order valence-electron chi connectivity index (χ4n) is 2.76. The minimum absolute atomic E-state index is 0.346. The molecule has 25 heavy (non-hydrogen) atoms. The average Bonchev–Trinajstić information content (AvgIpc) is 2.55. The fraction of sp³-hybridized carbons (Fsp3) is 0.158. The number of aryl methyl sites for hydroxylation is 2. The minimum atomic E-state index is -4.34. The van der Waals surface area contributed by atoms with E-state index < -0.39 is 11.7 Å². The lowest BCUT2D eigenvalue weighted by atomic mass is 9.94. The predicted molar refractivity (Wildman–Crippen MR) is 91.8 cm³/mol. The van der Waals surface area contributed by atoms with E-state index in [0.29, 0.717) is 17.1 Å². The fourth-order valence-corrected chi connectivity index (χ4v) is 2.76. The number of nitrogens with two attached hydrogens (primary N) is 1. The zero-order valence-electron chi connectivity index (χ0n) is 13.7. The molecule has 0 saturated carbocycles. The summed E-state index contributed by atoms with van der Waals surface area (Å²) >= 11 is 0. The molecule has 0 radical (unpaired) electrons. The van der Waals surface area contributed by atoms with E-state index in [1.54, 1.807) is 13.1 Å². The number of hydrogen-bond donors (Lipinski definition) is 1. The second kappa shape index (κ2) is 6.20. The first-order valence-electron chi connectivity index (χ1n) is 7.62. The number of aromatic nitrogens is 2. The largest absolute Gasteiger partial charge is 0.416 e. The first-order chi connectivity index (χ1) is 11.8. The highest BCUT2D eigenvalue weighted by molar-refractivity contribution is 5.73. The molecule has 0 amide bonds. The van der Waals surface area contributed by atoms with Crippen LogP contribution in [0.25, 0.3) is 22.4 Å². The molecule has 3 rings (SSSR count). The van der Waals surface area contributed by atoms with Crippen LogP contribution < -0.4 is 5.73 Å². The highest BCUT2D eigenvalue weighted by Crippen LogP contribution is 2.34. The molecule has 0 aliphatic rings. The van der Waals surface area contributed by atoms with Crippen molar-refractivity contribution in [1.29, 1.82) is 0 Å². The highest BCUT2D eigenvalue weighted by atomic mass is 19.4. The number of hydrogen-bond acceptors (Lipinski definition) is 3. The van der Waals surface area contributed by atoms with Crippen molar-refractivity contribution in [3.63, 3.8) is 0 Å². The zero-order chi connectivity index (χ0) is 18.2. The molecule has 0 bridgehead atoms. The number of rotatable bonds is 2. The molecule has 2 N–H and O–H groups in total. The van der Waals surface area contributed by atoms with Crippen molar-refractivity contribution in [3.05, 3.63) is 65.5 Å². The van der Waals surface area contributed by atoms with Gasteiger partial charge in [0.25, 0.3) is 0 Å². The van der Waals surface area contributed by atoms with E-state index in [0.717, 1.165) is 28.3 Å². The summed E-state index contributed by atoms with van der Waals surface area (Å²) in [5.74, 6) is 0.346. The SMILES string of the molecule is Cc1cc(C(F)(F)F)ccc1-c1ccc(-c2cnc(N)cn2)c(C)c1. The summed E-state index contributed by atoms with van der Waals surface area (Å²) in [5, 5.41) is 0. The minimum Gasteiger partial charge on any atom is -0.382 e. The standard InChI is InChI=1S/C19H16F3N3/c1-11-7-13(3-5-16(11)17-9-25-18(23)10-24-17)15-6-4-14(8-12(15)2)19(20,21)22/h3-10H,1-2H3,(H2,23,25). The van der Waals surface area contributed by atoms with Crippen molar-refractivity contribution < 1.29 is 13.2 Å². The van der Waals surface area contributed by atoms with Crippen LogP contribution in [-0.4, -0.2) is 9.97 Å². The molecule has 2 aromatic carbocycles. The topological polar surface area (TPSA) is 51.8 Å². The Hall–Kier alpha value is -2.89. The second-order valence-electron chi connectivity index (χ2n) is 5.88. The average molecular weight is 343 g/mol. The second-order valence-corrected chi connectivity index (χ2v) is 5.88. The van der Waals surface area contributed by atoms with Crippen LogP contribution in [0.1, 0.15) is 16.7 Å². The monoisotopic (exact) mass is 343 g/mol. The van der Waals surface area contributed by atoms with Crippen molar-refractivity contribution in [2.45, 2.75) is 20.0 Å². The number of nitrogen functional groups attached to an aromatic ring is 1. The van der Waals surface area contributed by atoms with Gasteiger partial charge in [-0.3, -0.25) is 4.98 Å². The van der Waals surface area contributed by atoms with Crippen molar-refractivity contribution in [2.24, 2.45) is 0 Å². The van der Waals surface area contributed by atoms with Crippen molar-refractivity contribution >= 4 is 5.82 Å². The van der Waals surface area contributed by atoms with Gasteiger partial charge in [0, 0.05) is 5.56 Å². The number of anilines is 1. The Morgan fingerprint density at radius 3 is 2.08 bits per heavy atom. The third-order valence-corrected chi connectivity index (χ3v) is 4.04. The Labute approximate surface area is 143 Å². The van der Waals surface area contributed by atoms with Crippen LogP contribution in [0.4, 0.5) is 19.0 Å². The Morgan fingerprint density at radius 1 is 0.840 bits per heavy atom. The maximum absolute atomic E-state index is 12.8. The third kappa shape index (κ3) is 3.47. The maximum atomic E-state index is 12.8. The molecule has 3 aromatic rings. The smallest absolute Gasteiger partial charge is 0.382 e. The van der Waals surface area contributed by atoms with Crippen LogP contribution in [-0.2, 0) is 6.18 Å². The first kappa shape index (κ1) is 17.0. The molecular weight excluding hydrogens is 327 g/mol. The van der Waals surface area contributed by atoms with E-state index in [1.807, 2.05) is 25.1 Å². The molecule has 0 atom stereocenters. The normalized spacial score (nSPS) is 11.6. The van der Waals surface area contributed by atoms with Gasteiger partial charge in [-0.2, -0.15) is 13.2 Å². The van der Waals surface area contributed by atoms with Gasteiger partial charge < -0.3 is 5.73 Å². The molecule has 0 aliphatic carbocycles. The van der Waals surface area contributed by atoms with E-state index in [9.17, 15) is 13.2 Å². The maximum Gasteiger partial charge on any atom is 0.416 e. The van der Waals surface area contributed by atoms with Gasteiger partial charge in [-0.05, 0) is 48.2 Å².